The molecule has 1 atom stereocenters. The molecule has 0 radical (unpaired) electrons. The van der Waals surface area contributed by atoms with Crippen molar-refractivity contribution < 1.29 is 9.84 Å². The van der Waals surface area contributed by atoms with Gasteiger partial charge in [-0.1, -0.05) is 31.5 Å². The Hall–Kier alpha value is -1.06. The van der Waals surface area contributed by atoms with Gasteiger partial charge in [0.2, 0.25) is 0 Å². The first-order chi connectivity index (χ1) is 8.65. The molecule has 1 rings (SSSR count). The summed E-state index contributed by atoms with van der Waals surface area (Å²) < 4.78 is 5.70. The summed E-state index contributed by atoms with van der Waals surface area (Å²) in [5.41, 5.74) is 2.22. The zero-order valence-corrected chi connectivity index (χ0v) is 11.7. The van der Waals surface area contributed by atoms with E-state index in [1.807, 2.05) is 32.0 Å². The van der Waals surface area contributed by atoms with Crippen molar-refractivity contribution in [1.82, 2.24) is 5.32 Å². The van der Waals surface area contributed by atoms with Crippen LogP contribution in [0.5, 0.6) is 5.75 Å². The third-order valence-corrected chi connectivity index (χ3v) is 2.92. The second-order valence-corrected chi connectivity index (χ2v) is 4.74. The maximum absolute atomic E-state index is 9.80. The molecule has 0 aliphatic carbocycles. The lowest BCUT2D eigenvalue weighted by atomic mass is 10.1. The second kappa shape index (κ2) is 8.11. The van der Waals surface area contributed by atoms with Crippen molar-refractivity contribution in [2.24, 2.45) is 0 Å². The Morgan fingerprint density at radius 2 is 1.94 bits per heavy atom. The van der Waals surface area contributed by atoms with Gasteiger partial charge in [-0.05, 0) is 37.9 Å². The van der Waals surface area contributed by atoms with E-state index in [1.165, 1.54) is 6.42 Å². The Morgan fingerprint density at radius 3 is 2.56 bits per heavy atom. The molecule has 0 bridgehead atoms. The van der Waals surface area contributed by atoms with Gasteiger partial charge in [0, 0.05) is 6.54 Å². The average Bonchev–Trinajstić information content (AvgIpc) is 2.34. The monoisotopic (exact) mass is 251 g/mol. The molecule has 0 aliphatic heterocycles. The Morgan fingerprint density at radius 1 is 1.28 bits per heavy atom. The van der Waals surface area contributed by atoms with E-state index in [0.29, 0.717) is 13.2 Å². The predicted molar refractivity (Wildman–Crippen MR) is 75.2 cm³/mol. The highest BCUT2D eigenvalue weighted by Gasteiger charge is 2.07. The van der Waals surface area contributed by atoms with Crippen LogP contribution in [0, 0.1) is 13.8 Å². The second-order valence-electron chi connectivity index (χ2n) is 4.74. The summed E-state index contributed by atoms with van der Waals surface area (Å²) in [6.45, 7) is 8.08. The predicted octanol–water partition coefficient (Wildman–Crippen LogP) is 2.43. The molecule has 102 valence electrons. The van der Waals surface area contributed by atoms with Crippen LogP contribution in [0.2, 0.25) is 0 Å². The Bertz CT molecular complexity index is 332. The van der Waals surface area contributed by atoms with Crippen LogP contribution in [-0.2, 0) is 0 Å². The molecular weight excluding hydrogens is 226 g/mol. The highest BCUT2D eigenvalue weighted by Crippen LogP contribution is 2.22. The fraction of sp³-hybridized carbons (Fsp3) is 0.600. The lowest BCUT2D eigenvalue weighted by molar-refractivity contribution is 0.106. The number of hydrogen-bond acceptors (Lipinski definition) is 3. The number of nitrogens with one attached hydrogen (secondary N) is 1. The Kier molecular flexibility index (Phi) is 6.76. The first-order valence-electron chi connectivity index (χ1n) is 6.73. The molecule has 1 unspecified atom stereocenters. The molecule has 0 spiro atoms. The number of aliphatic hydroxyl groups excluding tert-OH is 1. The number of aryl methyl sites for hydroxylation is 2. The molecular formula is C15H25NO2. The molecule has 0 heterocycles. The quantitative estimate of drug-likeness (QED) is 0.697. The number of aliphatic hydroxyl groups is 1. The molecule has 3 nitrogen and oxygen atoms in total. The van der Waals surface area contributed by atoms with Crippen molar-refractivity contribution in [3.8, 4) is 5.75 Å². The van der Waals surface area contributed by atoms with Crippen LogP contribution in [0.3, 0.4) is 0 Å². The summed E-state index contributed by atoms with van der Waals surface area (Å²) in [5.74, 6) is 0.894. The fourth-order valence-electron chi connectivity index (χ4n) is 1.84. The minimum atomic E-state index is -0.458. The fourth-order valence-corrected chi connectivity index (χ4v) is 1.84. The van der Waals surface area contributed by atoms with Gasteiger partial charge in [0.25, 0.3) is 0 Å². The SMILES string of the molecule is CCCCNCC(O)COc1c(C)cccc1C. The summed E-state index contributed by atoms with van der Waals surface area (Å²) in [7, 11) is 0. The standard InChI is InChI=1S/C15H25NO2/c1-4-5-9-16-10-14(17)11-18-15-12(2)7-6-8-13(15)3/h6-8,14,16-17H,4-5,9-11H2,1-3H3. The highest BCUT2D eigenvalue weighted by atomic mass is 16.5. The number of unbranched alkanes of at least 4 members (excludes halogenated alkanes) is 1. The van der Waals surface area contributed by atoms with Crippen LogP contribution in [0.4, 0.5) is 0 Å². The molecule has 2 N–H and O–H groups in total. The summed E-state index contributed by atoms with van der Waals surface area (Å²) in [6.07, 6.45) is 1.85. The zero-order valence-electron chi connectivity index (χ0n) is 11.7. The first-order valence-corrected chi connectivity index (χ1v) is 6.73. The third-order valence-electron chi connectivity index (χ3n) is 2.92. The molecule has 0 saturated carbocycles. The number of rotatable bonds is 8. The highest BCUT2D eigenvalue weighted by molar-refractivity contribution is 5.39. The summed E-state index contributed by atoms with van der Waals surface area (Å²) in [6, 6.07) is 6.06. The van der Waals surface area contributed by atoms with Crippen molar-refractivity contribution >= 4 is 0 Å². The van der Waals surface area contributed by atoms with E-state index in [4.69, 9.17) is 4.74 Å². The summed E-state index contributed by atoms with van der Waals surface area (Å²) in [4.78, 5) is 0. The number of ether oxygens (including phenoxy) is 1. The maximum Gasteiger partial charge on any atom is 0.125 e. The van der Waals surface area contributed by atoms with E-state index in [0.717, 1.165) is 29.8 Å². The van der Waals surface area contributed by atoms with Gasteiger partial charge in [-0.25, -0.2) is 0 Å². The lowest BCUT2D eigenvalue weighted by Crippen LogP contribution is -2.32. The van der Waals surface area contributed by atoms with E-state index in [2.05, 4.69) is 12.2 Å². The van der Waals surface area contributed by atoms with E-state index >= 15 is 0 Å². The van der Waals surface area contributed by atoms with E-state index < -0.39 is 6.10 Å². The molecule has 0 aliphatic rings. The van der Waals surface area contributed by atoms with Crippen LogP contribution in [0.15, 0.2) is 18.2 Å². The minimum absolute atomic E-state index is 0.338. The lowest BCUT2D eigenvalue weighted by Gasteiger charge is -2.16. The van der Waals surface area contributed by atoms with Gasteiger partial charge in [0.1, 0.15) is 18.5 Å². The van der Waals surface area contributed by atoms with Crippen molar-refractivity contribution in [3.63, 3.8) is 0 Å². The van der Waals surface area contributed by atoms with Gasteiger partial charge in [-0.3, -0.25) is 0 Å². The van der Waals surface area contributed by atoms with Gasteiger partial charge < -0.3 is 15.2 Å². The van der Waals surface area contributed by atoms with Crippen LogP contribution in [0.25, 0.3) is 0 Å². The van der Waals surface area contributed by atoms with Crippen molar-refractivity contribution in [1.29, 1.82) is 0 Å². The van der Waals surface area contributed by atoms with Gasteiger partial charge in [0.05, 0.1) is 0 Å². The van der Waals surface area contributed by atoms with Gasteiger partial charge in [0.15, 0.2) is 0 Å². The molecule has 0 fully saturated rings. The number of benzene rings is 1. The van der Waals surface area contributed by atoms with E-state index in [9.17, 15) is 5.11 Å². The molecule has 1 aromatic carbocycles. The van der Waals surface area contributed by atoms with Crippen LogP contribution >= 0.6 is 0 Å². The van der Waals surface area contributed by atoms with E-state index in [1.54, 1.807) is 0 Å². The zero-order chi connectivity index (χ0) is 13.4. The topological polar surface area (TPSA) is 41.5 Å². The van der Waals surface area contributed by atoms with Gasteiger partial charge in [-0.2, -0.15) is 0 Å². The van der Waals surface area contributed by atoms with Gasteiger partial charge >= 0.3 is 0 Å². The maximum atomic E-state index is 9.80. The van der Waals surface area contributed by atoms with Crippen LogP contribution < -0.4 is 10.1 Å². The molecule has 18 heavy (non-hydrogen) atoms. The minimum Gasteiger partial charge on any atom is -0.490 e. The summed E-state index contributed by atoms with van der Waals surface area (Å²) >= 11 is 0. The van der Waals surface area contributed by atoms with Crippen molar-refractivity contribution in [3.05, 3.63) is 29.3 Å². The molecule has 0 amide bonds. The average molecular weight is 251 g/mol. The molecule has 3 heteroatoms. The largest absolute Gasteiger partial charge is 0.490 e. The molecule has 1 aromatic rings. The smallest absolute Gasteiger partial charge is 0.125 e. The van der Waals surface area contributed by atoms with E-state index in [-0.39, 0.29) is 0 Å². The van der Waals surface area contributed by atoms with Gasteiger partial charge in [-0.15, -0.1) is 0 Å². The Labute approximate surface area is 110 Å². The van der Waals surface area contributed by atoms with Crippen molar-refractivity contribution in [2.45, 2.75) is 39.7 Å². The van der Waals surface area contributed by atoms with Crippen LogP contribution in [0.1, 0.15) is 30.9 Å². The van der Waals surface area contributed by atoms with Crippen molar-refractivity contribution in [2.75, 3.05) is 19.7 Å². The normalized spacial score (nSPS) is 12.4. The number of hydrogen-bond donors (Lipinski definition) is 2. The first kappa shape index (κ1) is 15.0. The van der Waals surface area contributed by atoms with Crippen LogP contribution in [-0.4, -0.2) is 30.9 Å². The summed E-state index contributed by atoms with van der Waals surface area (Å²) in [5, 5.41) is 13.0. The third kappa shape index (κ3) is 5.07. The molecule has 0 aromatic heterocycles. The molecule has 0 saturated heterocycles. The Balaban J connectivity index is 2.31. The number of para-hydroxylation sites is 1.